The Kier molecular flexibility index (Phi) is 5.45. The molecule has 74 valence electrons. The van der Waals surface area contributed by atoms with Crippen LogP contribution < -0.4 is 11.5 Å². The first-order chi connectivity index (χ1) is 6.07. The van der Waals surface area contributed by atoms with Crippen LogP contribution in [-0.2, 0) is 4.79 Å². The van der Waals surface area contributed by atoms with Crippen molar-refractivity contribution in [3.05, 3.63) is 0 Å². The quantitative estimate of drug-likeness (QED) is 0.296. The topological polar surface area (TPSA) is 114 Å². The van der Waals surface area contributed by atoms with Crippen LogP contribution in [0.2, 0.25) is 0 Å². The van der Waals surface area contributed by atoms with Crippen LogP contribution in [0.4, 0.5) is 0 Å². The summed E-state index contributed by atoms with van der Waals surface area (Å²) in [6.07, 6.45) is 0.951. The fourth-order valence-electron chi connectivity index (χ4n) is 0.678. The smallest absolute Gasteiger partial charge is 0.320 e. The molecule has 0 saturated carbocycles. The highest BCUT2D eigenvalue weighted by Crippen LogP contribution is 1.94. The second-order valence-electron chi connectivity index (χ2n) is 2.48. The van der Waals surface area contributed by atoms with Crippen LogP contribution in [0.15, 0.2) is 9.98 Å². The van der Waals surface area contributed by atoms with Gasteiger partial charge >= 0.3 is 5.97 Å². The maximum Gasteiger partial charge on any atom is 0.320 e. The first-order valence-corrected chi connectivity index (χ1v) is 3.83. The van der Waals surface area contributed by atoms with E-state index in [1.807, 2.05) is 0 Å². The average molecular weight is 186 g/mol. The van der Waals surface area contributed by atoms with E-state index in [0.29, 0.717) is 19.4 Å². The van der Waals surface area contributed by atoms with Crippen LogP contribution in [0, 0.1) is 0 Å². The molecular weight excluding hydrogens is 172 g/mol. The number of carboxylic acid groups (broad SMARTS) is 1. The molecule has 0 radical (unpaired) electrons. The fraction of sp³-hybridized carbons (Fsp3) is 0.571. The summed E-state index contributed by atoms with van der Waals surface area (Å²) in [6.45, 7) is 3.60. The van der Waals surface area contributed by atoms with Crippen molar-refractivity contribution in [1.82, 2.24) is 0 Å². The fourth-order valence-corrected chi connectivity index (χ4v) is 0.678. The highest BCUT2D eigenvalue weighted by molar-refractivity contribution is 5.82. The molecule has 0 heterocycles. The molecule has 0 aromatic rings. The van der Waals surface area contributed by atoms with Gasteiger partial charge in [-0.05, 0) is 19.6 Å². The summed E-state index contributed by atoms with van der Waals surface area (Å²) in [5, 5.41) is 8.42. The van der Waals surface area contributed by atoms with Crippen LogP contribution >= 0.6 is 0 Å². The summed E-state index contributed by atoms with van der Waals surface area (Å²) < 4.78 is 0. The van der Waals surface area contributed by atoms with Crippen LogP contribution in [0.3, 0.4) is 0 Å². The summed E-state index contributed by atoms with van der Waals surface area (Å²) in [6, 6.07) is -0.826. The van der Waals surface area contributed by atoms with Crippen molar-refractivity contribution < 1.29 is 9.90 Å². The Bertz CT molecular complexity index is 215. The summed E-state index contributed by atoms with van der Waals surface area (Å²) in [5.41, 5.74) is 10.5. The number of aliphatic imine (C=N–C) groups is 2. The lowest BCUT2D eigenvalue weighted by atomic mass is 10.2. The van der Waals surface area contributed by atoms with Crippen molar-refractivity contribution in [2.75, 3.05) is 6.54 Å². The van der Waals surface area contributed by atoms with Crippen molar-refractivity contribution in [2.45, 2.75) is 18.9 Å². The molecule has 1 atom stereocenters. The number of hydrogen-bond donors (Lipinski definition) is 3. The Morgan fingerprint density at radius 1 is 1.62 bits per heavy atom. The Balaban J connectivity index is 3.57. The summed E-state index contributed by atoms with van der Waals surface area (Å²) >= 11 is 0. The minimum Gasteiger partial charge on any atom is -0.480 e. The van der Waals surface area contributed by atoms with E-state index in [9.17, 15) is 4.79 Å². The molecule has 0 aromatic carbocycles. The van der Waals surface area contributed by atoms with E-state index < -0.39 is 12.0 Å². The maximum absolute atomic E-state index is 10.3. The van der Waals surface area contributed by atoms with Crippen LogP contribution in [0.25, 0.3) is 0 Å². The molecule has 0 rings (SSSR count). The monoisotopic (exact) mass is 186 g/mol. The molecule has 5 N–H and O–H groups in total. The lowest BCUT2D eigenvalue weighted by molar-refractivity contribution is -0.138. The minimum absolute atomic E-state index is 0.115. The largest absolute Gasteiger partial charge is 0.480 e. The van der Waals surface area contributed by atoms with E-state index >= 15 is 0 Å². The lowest BCUT2D eigenvalue weighted by Crippen LogP contribution is -2.30. The van der Waals surface area contributed by atoms with Crippen LogP contribution in [0.5, 0.6) is 0 Å². The molecule has 0 saturated heterocycles. The van der Waals surface area contributed by atoms with Gasteiger partial charge < -0.3 is 16.6 Å². The van der Waals surface area contributed by atoms with Crippen molar-refractivity contribution in [3.63, 3.8) is 0 Å². The molecule has 6 nitrogen and oxygen atoms in total. The average Bonchev–Trinajstić information content (AvgIpc) is 2.11. The Morgan fingerprint density at radius 3 is 2.69 bits per heavy atom. The molecule has 0 spiro atoms. The van der Waals surface area contributed by atoms with Gasteiger partial charge in [-0.3, -0.25) is 9.79 Å². The Labute approximate surface area is 76.4 Å². The number of rotatable bonds is 5. The minimum atomic E-state index is -1.00. The molecule has 0 bridgehead atoms. The highest BCUT2D eigenvalue weighted by atomic mass is 16.4. The summed E-state index contributed by atoms with van der Waals surface area (Å²) in [4.78, 5) is 17.4. The van der Waals surface area contributed by atoms with Crippen molar-refractivity contribution >= 4 is 18.6 Å². The van der Waals surface area contributed by atoms with Crippen molar-refractivity contribution in [2.24, 2.45) is 21.5 Å². The predicted octanol–water partition coefficient (Wildman–Crippen LogP) is -0.806. The van der Waals surface area contributed by atoms with Crippen molar-refractivity contribution in [1.29, 1.82) is 0 Å². The van der Waals surface area contributed by atoms with Gasteiger partial charge in [-0.25, -0.2) is 4.99 Å². The third-order valence-electron chi connectivity index (χ3n) is 1.43. The summed E-state index contributed by atoms with van der Waals surface area (Å²) in [7, 11) is 0. The number of guanidine groups is 1. The molecule has 0 fully saturated rings. The van der Waals surface area contributed by atoms with E-state index in [2.05, 4.69) is 16.7 Å². The molecule has 6 heteroatoms. The molecule has 0 aliphatic carbocycles. The van der Waals surface area contributed by atoms with Gasteiger partial charge in [0.2, 0.25) is 5.96 Å². The van der Waals surface area contributed by atoms with Gasteiger partial charge in [-0.2, -0.15) is 0 Å². The molecule has 0 unspecified atom stereocenters. The van der Waals surface area contributed by atoms with Gasteiger partial charge in [0.1, 0.15) is 6.04 Å². The standard InChI is InChI=1S/C7H14N4O2/c1-10-7(9)11-4-2-3-5(8)6(12)13/h5H,1-4,8H2,(H2,9,11)(H,12,13)/t5-/m0/s1. The van der Waals surface area contributed by atoms with Gasteiger partial charge in [0.05, 0.1) is 0 Å². The SMILES string of the molecule is C=NC(N)=NCCC[C@H](N)C(=O)O. The molecule has 0 amide bonds. The molecule has 0 aromatic heterocycles. The van der Waals surface area contributed by atoms with Crippen LogP contribution in [-0.4, -0.2) is 36.3 Å². The number of hydrogen-bond acceptors (Lipinski definition) is 3. The number of carboxylic acids is 1. The molecule has 0 aliphatic rings. The Hall–Kier alpha value is -1.43. The normalized spacial score (nSPS) is 13.8. The van der Waals surface area contributed by atoms with E-state index in [4.69, 9.17) is 16.6 Å². The van der Waals surface area contributed by atoms with Gasteiger partial charge in [-0.15, -0.1) is 0 Å². The van der Waals surface area contributed by atoms with E-state index in [1.54, 1.807) is 0 Å². The number of aliphatic carboxylic acids is 1. The van der Waals surface area contributed by atoms with Gasteiger partial charge in [0.15, 0.2) is 0 Å². The zero-order valence-electron chi connectivity index (χ0n) is 7.31. The first-order valence-electron chi connectivity index (χ1n) is 3.83. The summed E-state index contributed by atoms with van der Waals surface area (Å²) in [5.74, 6) is -0.886. The zero-order chi connectivity index (χ0) is 10.3. The second-order valence-corrected chi connectivity index (χ2v) is 2.48. The molecule has 13 heavy (non-hydrogen) atoms. The number of nitrogens with two attached hydrogens (primary N) is 2. The van der Waals surface area contributed by atoms with Crippen LogP contribution in [0.1, 0.15) is 12.8 Å². The molecule has 0 aliphatic heterocycles. The maximum atomic E-state index is 10.3. The predicted molar refractivity (Wildman–Crippen MR) is 50.9 cm³/mol. The third-order valence-corrected chi connectivity index (χ3v) is 1.43. The highest BCUT2D eigenvalue weighted by Gasteiger charge is 2.09. The molecular formula is C7H14N4O2. The van der Waals surface area contributed by atoms with E-state index in [1.165, 1.54) is 0 Å². The third kappa shape index (κ3) is 5.80. The van der Waals surface area contributed by atoms with E-state index in [0.717, 1.165) is 0 Å². The second kappa shape index (κ2) is 6.13. The van der Waals surface area contributed by atoms with Crippen molar-refractivity contribution in [3.8, 4) is 0 Å². The van der Waals surface area contributed by atoms with E-state index in [-0.39, 0.29) is 5.96 Å². The number of nitrogens with zero attached hydrogens (tertiary/aromatic N) is 2. The lowest BCUT2D eigenvalue weighted by Gasteiger charge is -2.03. The van der Waals surface area contributed by atoms with Gasteiger partial charge in [-0.1, -0.05) is 0 Å². The van der Waals surface area contributed by atoms with Gasteiger partial charge in [0, 0.05) is 6.54 Å². The van der Waals surface area contributed by atoms with Gasteiger partial charge in [0.25, 0.3) is 0 Å². The Morgan fingerprint density at radius 2 is 2.23 bits per heavy atom. The first kappa shape index (κ1) is 11.6. The zero-order valence-corrected chi connectivity index (χ0v) is 7.31. The number of carbonyl (C=O) groups is 1.